The second kappa shape index (κ2) is 7.51. The van der Waals surface area contributed by atoms with Crippen LogP contribution >= 0.6 is 0 Å². The minimum atomic E-state index is -0.851. The van der Waals surface area contributed by atoms with Crippen LogP contribution in [0.15, 0.2) is 39.9 Å². The lowest BCUT2D eigenvalue weighted by atomic mass is 10.3. The van der Waals surface area contributed by atoms with Crippen molar-refractivity contribution in [3.05, 3.63) is 51.2 Å². The van der Waals surface area contributed by atoms with Crippen molar-refractivity contribution in [2.75, 3.05) is 24.6 Å². The number of para-hydroxylation sites is 1. The van der Waals surface area contributed by atoms with Gasteiger partial charge in [-0.05, 0) is 25.0 Å². The normalized spacial score (nSPS) is 15.3. The molecule has 0 bridgehead atoms. The van der Waals surface area contributed by atoms with Crippen molar-refractivity contribution in [2.45, 2.75) is 25.5 Å². The van der Waals surface area contributed by atoms with Crippen molar-refractivity contribution in [3.8, 4) is 5.75 Å². The lowest BCUT2D eigenvalue weighted by molar-refractivity contribution is 0.0936. The summed E-state index contributed by atoms with van der Waals surface area (Å²) in [4.78, 5) is 33.4. The molecule has 9 heteroatoms. The third kappa shape index (κ3) is 3.40. The third-order valence-corrected chi connectivity index (χ3v) is 4.95. The fourth-order valence-corrected chi connectivity index (χ4v) is 3.53. The summed E-state index contributed by atoms with van der Waals surface area (Å²) in [5, 5.41) is 10.6. The lowest BCUT2D eigenvalue weighted by Gasteiger charge is -2.20. The van der Waals surface area contributed by atoms with Gasteiger partial charge >= 0.3 is 5.69 Å². The predicted molar refractivity (Wildman–Crippen MR) is 105 cm³/mol. The molecule has 148 valence electrons. The summed E-state index contributed by atoms with van der Waals surface area (Å²) >= 11 is 0. The predicted octanol–water partition coefficient (Wildman–Crippen LogP) is 0.463. The minimum absolute atomic E-state index is 0.0762. The smallest absolute Gasteiger partial charge is 0.329 e. The molecule has 3 heterocycles. The Balaban J connectivity index is 1.68. The molecule has 0 unspecified atom stereocenters. The van der Waals surface area contributed by atoms with Crippen LogP contribution in [-0.4, -0.2) is 50.0 Å². The Hall–Kier alpha value is -3.07. The molecule has 3 aromatic rings. The van der Waals surface area contributed by atoms with Crippen LogP contribution in [0.25, 0.3) is 11.2 Å². The van der Waals surface area contributed by atoms with E-state index in [0.717, 1.165) is 25.9 Å². The number of benzene rings is 1. The van der Waals surface area contributed by atoms with Crippen LogP contribution in [0, 0.1) is 0 Å². The van der Waals surface area contributed by atoms with Crippen molar-refractivity contribution in [2.24, 2.45) is 7.05 Å². The molecule has 0 spiro atoms. The van der Waals surface area contributed by atoms with Crippen LogP contribution in [0.4, 0.5) is 5.95 Å². The quantitative estimate of drug-likeness (QED) is 0.639. The van der Waals surface area contributed by atoms with Gasteiger partial charge in [0.25, 0.3) is 5.56 Å². The molecule has 1 saturated heterocycles. The molecule has 9 nitrogen and oxygen atoms in total. The molecule has 28 heavy (non-hydrogen) atoms. The number of anilines is 1. The molecule has 0 aliphatic carbocycles. The first-order valence-corrected chi connectivity index (χ1v) is 9.35. The number of ether oxygens (including phenoxy) is 1. The van der Waals surface area contributed by atoms with Gasteiger partial charge in [0.05, 0.1) is 6.54 Å². The number of nitrogens with one attached hydrogen (secondary N) is 1. The van der Waals surface area contributed by atoms with E-state index in [1.54, 1.807) is 11.6 Å². The van der Waals surface area contributed by atoms with E-state index in [4.69, 9.17) is 4.74 Å². The first-order valence-electron chi connectivity index (χ1n) is 9.35. The Morgan fingerprint density at radius 2 is 1.93 bits per heavy atom. The van der Waals surface area contributed by atoms with Gasteiger partial charge in [0.15, 0.2) is 11.2 Å². The molecular formula is C19H23N5O4. The first-order chi connectivity index (χ1) is 13.5. The molecule has 4 rings (SSSR count). The zero-order chi connectivity index (χ0) is 19.7. The summed E-state index contributed by atoms with van der Waals surface area (Å²) in [6, 6.07) is 9.23. The maximum absolute atomic E-state index is 12.5. The van der Waals surface area contributed by atoms with E-state index in [0.29, 0.717) is 17.3 Å². The van der Waals surface area contributed by atoms with Crippen LogP contribution in [0.1, 0.15) is 12.8 Å². The Morgan fingerprint density at radius 3 is 2.64 bits per heavy atom. The van der Waals surface area contributed by atoms with Gasteiger partial charge in [0.2, 0.25) is 5.95 Å². The second-order valence-electron chi connectivity index (χ2n) is 6.98. The van der Waals surface area contributed by atoms with E-state index >= 15 is 0 Å². The first kappa shape index (κ1) is 18.3. The number of aliphatic hydroxyl groups is 1. The van der Waals surface area contributed by atoms with Crippen molar-refractivity contribution in [1.29, 1.82) is 0 Å². The van der Waals surface area contributed by atoms with E-state index in [1.165, 1.54) is 4.57 Å². The van der Waals surface area contributed by atoms with Gasteiger partial charge in [-0.15, -0.1) is 0 Å². The number of hydrogen-bond donors (Lipinski definition) is 2. The Labute approximate surface area is 160 Å². The maximum atomic E-state index is 12.5. The summed E-state index contributed by atoms with van der Waals surface area (Å²) in [6.07, 6.45) is 1.23. The standard InChI is InChI=1S/C19H23N5O4/c1-22-16-15(17(26)21-19(22)27)24(18(20-16)23-9-5-6-10-23)11-13(25)12-28-14-7-3-2-4-8-14/h2-4,7-8,13,25H,5-6,9-12H2,1H3,(H,21,26,27)/t13-/m1/s1. The van der Waals surface area contributed by atoms with Gasteiger partial charge < -0.3 is 19.3 Å². The molecule has 1 aliphatic heterocycles. The molecule has 0 radical (unpaired) electrons. The highest BCUT2D eigenvalue weighted by Gasteiger charge is 2.25. The molecule has 0 amide bonds. The Bertz CT molecular complexity index is 1080. The highest BCUT2D eigenvalue weighted by molar-refractivity contribution is 5.74. The van der Waals surface area contributed by atoms with E-state index < -0.39 is 17.4 Å². The molecule has 2 N–H and O–H groups in total. The number of H-pyrrole nitrogens is 1. The highest BCUT2D eigenvalue weighted by Crippen LogP contribution is 2.23. The Kier molecular flexibility index (Phi) is 4.91. The van der Waals surface area contributed by atoms with Crippen LogP contribution in [-0.2, 0) is 13.6 Å². The van der Waals surface area contributed by atoms with E-state index in [1.807, 2.05) is 30.3 Å². The number of rotatable bonds is 6. The number of imidazole rings is 1. The molecular weight excluding hydrogens is 362 g/mol. The van der Waals surface area contributed by atoms with Crippen molar-refractivity contribution in [3.63, 3.8) is 0 Å². The number of aromatic amines is 1. The minimum Gasteiger partial charge on any atom is -0.491 e. The van der Waals surface area contributed by atoms with Gasteiger partial charge in [-0.2, -0.15) is 4.98 Å². The number of aryl methyl sites for hydroxylation is 1. The maximum Gasteiger partial charge on any atom is 0.329 e. The SMILES string of the molecule is Cn1c(=O)[nH]c(=O)c2c1nc(N1CCCC1)n2C[C@@H](O)COc1ccccc1. The number of aromatic nitrogens is 4. The van der Waals surface area contributed by atoms with Gasteiger partial charge in [-0.3, -0.25) is 14.3 Å². The largest absolute Gasteiger partial charge is 0.491 e. The van der Waals surface area contributed by atoms with E-state index in [9.17, 15) is 14.7 Å². The summed E-state index contributed by atoms with van der Waals surface area (Å²) in [5.74, 6) is 1.26. The van der Waals surface area contributed by atoms with Crippen LogP contribution in [0.3, 0.4) is 0 Å². The number of hydrogen-bond acceptors (Lipinski definition) is 6. The van der Waals surface area contributed by atoms with Gasteiger partial charge in [0.1, 0.15) is 18.5 Å². The molecule has 1 aromatic carbocycles. The second-order valence-corrected chi connectivity index (χ2v) is 6.98. The Morgan fingerprint density at radius 1 is 1.21 bits per heavy atom. The number of aliphatic hydroxyl groups excluding tert-OH is 1. The van der Waals surface area contributed by atoms with Crippen molar-refractivity contribution < 1.29 is 9.84 Å². The fourth-order valence-electron chi connectivity index (χ4n) is 3.53. The molecule has 2 aromatic heterocycles. The molecule has 1 atom stereocenters. The van der Waals surface area contributed by atoms with Crippen LogP contribution < -0.4 is 20.9 Å². The van der Waals surface area contributed by atoms with Crippen molar-refractivity contribution in [1.82, 2.24) is 19.1 Å². The summed E-state index contributed by atoms with van der Waals surface area (Å²) in [5.41, 5.74) is -0.426. The summed E-state index contributed by atoms with van der Waals surface area (Å²) < 4.78 is 8.64. The zero-order valence-electron chi connectivity index (χ0n) is 15.7. The highest BCUT2D eigenvalue weighted by atomic mass is 16.5. The third-order valence-electron chi connectivity index (χ3n) is 4.95. The van der Waals surface area contributed by atoms with Crippen molar-refractivity contribution >= 4 is 17.1 Å². The van der Waals surface area contributed by atoms with E-state index in [2.05, 4.69) is 14.9 Å². The fraction of sp³-hybridized carbons (Fsp3) is 0.421. The lowest BCUT2D eigenvalue weighted by Crippen LogP contribution is -2.31. The van der Waals surface area contributed by atoms with E-state index in [-0.39, 0.29) is 18.7 Å². The molecule has 1 fully saturated rings. The summed E-state index contributed by atoms with van der Waals surface area (Å²) in [6.45, 7) is 1.86. The average Bonchev–Trinajstić information content (AvgIpc) is 3.34. The average molecular weight is 385 g/mol. The number of fused-ring (bicyclic) bond motifs is 1. The summed E-state index contributed by atoms with van der Waals surface area (Å²) in [7, 11) is 1.57. The monoisotopic (exact) mass is 385 g/mol. The van der Waals surface area contributed by atoms with Gasteiger partial charge in [0, 0.05) is 20.1 Å². The van der Waals surface area contributed by atoms with Crippen LogP contribution in [0.2, 0.25) is 0 Å². The molecule has 0 saturated carbocycles. The van der Waals surface area contributed by atoms with Gasteiger partial charge in [-0.1, -0.05) is 18.2 Å². The zero-order valence-corrected chi connectivity index (χ0v) is 15.7. The molecule has 1 aliphatic rings. The number of nitrogens with zero attached hydrogens (tertiary/aromatic N) is 4. The topological polar surface area (TPSA) is 105 Å². The van der Waals surface area contributed by atoms with Gasteiger partial charge in [-0.25, -0.2) is 4.79 Å². The van der Waals surface area contributed by atoms with Crippen LogP contribution in [0.5, 0.6) is 5.75 Å².